The number of fused-ring (bicyclic) bond motifs is 2. The number of aromatic amines is 1. The predicted molar refractivity (Wildman–Crippen MR) is 69.1 cm³/mol. The largest absolute Gasteiger partial charge is 0.356 e. The topological polar surface area (TPSA) is 54.7 Å². The molecular formula is C14H9N3O. The summed E-state index contributed by atoms with van der Waals surface area (Å²) >= 11 is 0. The van der Waals surface area contributed by atoms with Crippen LogP contribution in [-0.4, -0.2) is 15.4 Å². The van der Waals surface area contributed by atoms with E-state index in [0.29, 0.717) is 0 Å². The van der Waals surface area contributed by atoms with Crippen LogP contribution in [0.3, 0.4) is 0 Å². The monoisotopic (exact) mass is 235 g/mol. The molecule has 0 atom stereocenters. The summed E-state index contributed by atoms with van der Waals surface area (Å²) in [6.45, 7) is 0. The Hall–Kier alpha value is -2.62. The van der Waals surface area contributed by atoms with Crippen LogP contribution in [0, 0.1) is 0 Å². The van der Waals surface area contributed by atoms with Crippen molar-refractivity contribution < 1.29 is 4.52 Å². The lowest BCUT2D eigenvalue weighted by Crippen LogP contribution is -1.79. The molecule has 4 aromatic rings. The van der Waals surface area contributed by atoms with E-state index in [4.69, 9.17) is 4.52 Å². The van der Waals surface area contributed by atoms with Gasteiger partial charge in [0, 0.05) is 16.3 Å². The number of hydrogen-bond acceptors (Lipinski definition) is 3. The fourth-order valence-electron chi connectivity index (χ4n) is 2.25. The van der Waals surface area contributed by atoms with E-state index >= 15 is 0 Å². The van der Waals surface area contributed by atoms with E-state index in [1.54, 1.807) is 0 Å². The van der Waals surface area contributed by atoms with E-state index in [1.165, 1.54) is 0 Å². The van der Waals surface area contributed by atoms with Crippen molar-refractivity contribution in [3.63, 3.8) is 0 Å². The molecule has 0 radical (unpaired) electrons. The number of rotatable bonds is 1. The van der Waals surface area contributed by atoms with Gasteiger partial charge in [-0.3, -0.25) is 5.10 Å². The minimum absolute atomic E-state index is 0.799. The molecule has 0 aliphatic rings. The van der Waals surface area contributed by atoms with Crippen molar-refractivity contribution in [2.24, 2.45) is 0 Å². The lowest BCUT2D eigenvalue weighted by Gasteiger charge is -1.98. The second kappa shape index (κ2) is 3.43. The third kappa shape index (κ3) is 1.20. The molecule has 0 fully saturated rings. The van der Waals surface area contributed by atoms with Crippen molar-refractivity contribution in [2.45, 2.75) is 0 Å². The fourth-order valence-corrected chi connectivity index (χ4v) is 2.25. The van der Waals surface area contributed by atoms with Crippen LogP contribution >= 0.6 is 0 Å². The molecule has 2 aromatic carbocycles. The van der Waals surface area contributed by atoms with Crippen LogP contribution < -0.4 is 0 Å². The highest BCUT2D eigenvalue weighted by molar-refractivity contribution is 6.01. The zero-order valence-corrected chi connectivity index (χ0v) is 9.42. The summed E-state index contributed by atoms with van der Waals surface area (Å²) < 4.78 is 5.35. The van der Waals surface area contributed by atoms with Crippen molar-refractivity contribution in [2.75, 3.05) is 0 Å². The summed E-state index contributed by atoms with van der Waals surface area (Å²) in [5.41, 5.74) is 3.69. The molecule has 0 aliphatic carbocycles. The first-order valence-corrected chi connectivity index (χ1v) is 5.70. The number of aromatic nitrogens is 3. The Morgan fingerprint density at radius 2 is 1.89 bits per heavy atom. The van der Waals surface area contributed by atoms with Gasteiger partial charge in [0.05, 0.1) is 11.7 Å². The number of hydrogen-bond donors (Lipinski definition) is 1. The molecule has 0 saturated heterocycles. The van der Waals surface area contributed by atoms with Crippen LogP contribution in [0.4, 0.5) is 0 Å². The van der Waals surface area contributed by atoms with Gasteiger partial charge < -0.3 is 4.52 Å². The lowest BCUT2D eigenvalue weighted by atomic mass is 10.0. The van der Waals surface area contributed by atoms with Crippen LogP contribution in [0.2, 0.25) is 0 Å². The first-order valence-electron chi connectivity index (χ1n) is 5.70. The average Bonchev–Trinajstić information content (AvgIpc) is 3.05. The Balaban J connectivity index is 2.10. The minimum Gasteiger partial charge on any atom is -0.356 e. The third-order valence-electron chi connectivity index (χ3n) is 3.12. The van der Waals surface area contributed by atoms with Crippen molar-refractivity contribution in [3.8, 4) is 11.3 Å². The summed E-state index contributed by atoms with van der Waals surface area (Å²) in [4.78, 5) is 0. The van der Waals surface area contributed by atoms with Gasteiger partial charge in [-0.1, -0.05) is 29.4 Å². The Morgan fingerprint density at radius 3 is 2.89 bits per heavy atom. The predicted octanol–water partition coefficient (Wildman–Crippen LogP) is 3.37. The number of para-hydroxylation sites is 1. The Morgan fingerprint density at radius 1 is 0.944 bits per heavy atom. The van der Waals surface area contributed by atoms with Gasteiger partial charge in [0.15, 0.2) is 5.58 Å². The van der Waals surface area contributed by atoms with Crippen LogP contribution in [0.1, 0.15) is 0 Å². The SMILES string of the molecule is c1cc(-c2noc3ccccc23)c2cn[nH]c2c1. The van der Waals surface area contributed by atoms with Gasteiger partial charge in [0.2, 0.25) is 0 Å². The van der Waals surface area contributed by atoms with Gasteiger partial charge in [-0.15, -0.1) is 0 Å². The molecule has 0 aliphatic heterocycles. The Labute approximate surface area is 102 Å². The second-order valence-electron chi connectivity index (χ2n) is 4.16. The molecular weight excluding hydrogens is 226 g/mol. The van der Waals surface area contributed by atoms with Gasteiger partial charge in [-0.05, 0) is 18.2 Å². The second-order valence-corrected chi connectivity index (χ2v) is 4.16. The van der Waals surface area contributed by atoms with Crippen molar-refractivity contribution in [1.29, 1.82) is 0 Å². The molecule has 0 bridgehead atoms. The Kier molecular flexibility index (Phi) is 1.80. The van der Waals surface area contributed by atoms with E-state index in [1.807, 2.05) is 48.7 Å². The van der Waals surface area contributed by atoms with Crippen molar-refractivity contribution >= 4 is 21.9 Å². The normalized spacial score (nSPS) is 11.3. The lowest BCUT2D eigenvalue weighted by molar-refractivity contribution is 0.459. The van der Waals surface area contributed by atoms with Crippen molar-refractivity contribution in [1.82, 2.24) is 15.4 Å². The third-order valence-corrected chi connectivity index (χ3v) is 3.12. The van der Waals surface area contributed by atoms with Crippen LogP contribution in [0.15, 0.2) is 53.2 Å². The Bertz CT molecular complexity index is 844. The van der Waals surface area contributed by atoms with Gasteiger partial charge in [0.25, 0.3) is 0 Å². The zero-order chi connectivity index (χ0) is 11.9. The summed E-state index contributed by atoms with van der Waals surface area (Å²) in [5.74, 6) is 0. The minimum atomic E-state index is 0.799. The van der Waals surface area contributed by atoms with E-state index in [9.17, 15) is 0 Å². The van der Waals surface area contributed by atoms with E-state index in [0.717, 1.165) is 33.1 Å². The van der Waals surface area contributed by atoms with Gasteiger partial charge in [-0.2, -0.15) is 5.10 Å². The van der Waals surface area contributed by atoms with E-state index in [-0.39, 0.29) is 0 Å². The number of H-pyrrole nitrogens is 1. The molecule has 4 rings (SSSR count). The molecule has 4 nitrogen and oxygen atoms in total. The molecule has 2 heterocycles. The first-order chi connectivity index (χ1) is 8.93. The standard InChI is InChI=1S/C14H9N3O/c1-2-7-13-10(4-1)14(17-18-13)9-5-3-6-12-11(9)8-15-16-12/h1-8H,(H,15,16). The molecule has 4 heteroatoms. The van der Waals surface area contributed by atoms with Crippen LogP contribution in [0.25, 0.3) is 33.1 Å². The molecule has 0 saturated carbocycles. The van der Waals surface area contributed by atoms with Crippen molar-refractivity contribution in [3.05, 3.63) is 48.7 Å². The summed E-state index contributed by atoms with van der Waals surface area (Å²) in [6, 6.07) is 13.9. The highest BCUT2D eigenvalue weighted by Crippen LogP contribution is 2.32. The van der Waals surface area contributed by atoms with E-state index in [2.05, 4.69) is 15.4 Å². The molecule has 86 valence electrons. The summed E-state index contributed by atoms with van der Waals surface area (Å²) in [7, 11) is 0. The number of benzene rings is 2. The molecule has 0 amide bonds. The van der Waals surface area contributed by atoms with Crippen LogP contribution in [-0.2, 0) is 0 Å². The smallest absolute Gasteiger partial charge is 0.167 e. The number of nitrogens with zero attached hydrogens (tertiary/aromatic N) is 2. The van der Waals surface area contributed by atoms with Crippen LogP contribution in [0.5, 0.6) is 0 Å². The van der Waals surface area contributed by atoms with Gasteiger partial charge >= 0.3 is 0 Å². The average molecular weight is 235 g/mol. The fraction of sp³-hybridized carbons (Fsp3) is 0. The van der Waals surface area contributed by atoms with E-state index < -0.39 is 0 Å². The molecule has 0 unspecified atom stereocenters. The summed E-state index contributed by atoms with van der Waals surface area (Å²) in [6.07, 6.45) is 1.81. The zero-order valence-electron chi connectivity index (χ0n) is 9.42. The molecule has 0 spiro atoms. The maximum atomic E-state index is 5.35. The maximum Gasteiger partial charge on any atom is 0.167 e. The maximum absolute atomic E-state index is 5.35. The molecule has 2 aromatic heterocycles. The van der Waals surface area contributed by atoms with Gasteiger partial charge in [-0.25, -0.2) is 0 Å². The highest BCUT2D eigenvalue weighted by Gasteiger charge is 2.12. The molecule has 1 N–H and O–H groups in total. The quantitative estimate of drug-likeness (QED) is 0.550. The first kappa shape index (κ1) is 9.41. The number of nitrogens with one attached hydrogen (secondary N) is 1. The highest BCUT2D eigenvalue weighted by atomic mass is 16.5. The van der Waals surface area contributed by atoms with Gasteiger partial charge in [0.1, 0.15) is 5.69 Å². The molecule has 18 heavy (non-hydrogen) atoms. The summed E-state index contributed by atoms with van der Waals surface area (Å²) in [5, 5.41) is 13.3.